The Morgan fingerprint density at radius 3 is 2.59 bits per heavy atom. The number of hydrogen-bond acceptors (Lipinski definition) is 6. The number of hydrogen-bond donors (Lipinski definition) is 0. The monoisotopic (exact) mass is 371 g/mol. The second-order valence-electron chi connectivity index (χ2n) is 6.57. The van der Waals surface area contributed by atoms with Gasteiger partial charge in [-0.15, -0.1) is 4.48 Å². The van der Waals surface area contributed by atoms with Crippen LogP contribution in [-0.2, 0) is 16.1 Å². The summed E-state index contributed by atoms with van der Waals surface area (Å²) >= 11 is 0. The minimum atomic E-state index is -0.641. The van der Waals surface area contributed by atoms with Crippen LogP contribution in [0.2, 0.25) is 0 Å². The van der Waals surface area contributed by atoms with Gasteiger partial charge in [0, 0.05) is 12.6 Å². The van der Waals surface area contributed by atoms with E-state index in [4.69, 9.17) is 14.2 Å². The molecule has 3 atom stereocenters. The Bertz CT molecular complexity index is 783. The van der Waals surface area contributed by atoms with Crippen LogP contribution in [0.25, 0.3) is 0 Å². The molecule has 2 aromatic rings. The maximum Gasteiger partial charge on any atom is 0.527 e. The van der Waals surface area contributed by atoms with E-state index in [9.17, 15) is 9.59 Å². The molecule has 1 aromatic heterocycles. The molecule has 0 aliphatic carbocycles. The van der Waals surface area contributed by atoms with E-state index in [0.717, 1.165) is 5.56 Å². The zero-order valence-corrected chi connectivity index (χ0v) is 15.4. The highest BCUT2D eigenvalue weighted by Gasteiger charge is 2.59. The predicted octanol–water partition coefficient (Wildman–Crippen LogP) is 3.54. The molecule has 2 heterocycles. The number of pyridine rings is 1. The molecule has 0 radical (unpaired) electrons. The van der Waals surface area contributed by atoms with E-state index in [1.54, 1.807) is 24.5 Å². The lowest BCUT2D eigenvalue weighted by Crippen LogP contribution is -2.59. The van der Waals surface area contributed by atoms with Crippen molar-refractivity contribution in [2.75, 3.05) is 13.7 Å². The van der Waals surface area contributed by atoms with Crippen molar-refractivity contribution in [2.45, 2.75) is 32.1 Å². The van der Waals surface area contributed by atoms with Crippen LogP contribution in [-0.4, -0.2) is 47.5 Å². The average molecular weight is 371 g/mol. The highest BCUT2D eigenvalue weighted by atomic mass is 16.6. The topological polar surface area (TPSA) is 74.7 Å². The van der Waals surface area contributed by atoms with E-state index in [1.165, 1.54) is 7.11 Å². The molecule has 0 unspecified atom stereocenters. The summed E-state index contributed by atoms with van der Waals surface area (Å²) in [6.45, 7) is 2.07. The maximum absolute atomic E-state index is 12.9. The highest BCUT2D eigenvalue weighted by Crippen LogP contribution is 2.32. The highest BCUT2D eigenvalue weighted by molar-refractivity contribution is 5.77. The molecule has 1 fully saturated rings. The second kappa shape index (κ2) is 8.18. The molecule has 0 bridgehead atoms. The van der Waals surface area contributed by atoms with Crippen molar-refractivity contribution < 1.29 is 28.3 Å². The number of carbonyl (C=O) groups is 2. The van der Waals surface area contributed by atoms with Gasteiger partial charge in [0.25, 0.3) is 0 Å². The first-order valence-corrected chi connectivity index (χ1v) is 8.80. The summed E-state index contributed by atoms with van der Waals surface area (Å²) in [4.78, 5) is 29.5. The van der Waals surface area contributed by atoms with E-state index in [0.29, 0.717) is 12.2 Å². The normalized spacial score (nSPS) is 24.2. The number of aromatic nitrogens is 1. The van der Waals surface area contributed by atoms with E-state index >= 15 is 0 Å². The fourth-order valence-corrected chi connectivity index (χ4v) is 3.41. The standard InChI is InChI=1S/C20H23N2O5/c1-15-11-18(27-17-9-6-10-21-12-17)13-22(15,19(23)25-2)20(24)26-14-16-7-4-3-5-8-16/h3-10,12,15,18H,11,13-14H2,1-2H3/q+1/t15-,18-,22+/m1/s1. The van der Waals surface area contributed by atoms with Gasteiger partial charge in [0.2, 0.25) is 0 Å². The maximum atomic E-state index is 12.9. The van der Waals surface area contributed by atoms with Gasteiger partial charge < -0.3 is 14.2 Å². The van der Waals surface area contributed by atoms with Crippen molar-refractivity contribution in [3.8, 4) is 5.75 Å². The van der Waals surface area contributed by atoms with E-state index in [1.807, 2.05) is 37.3 Å². The first-order valence-electron chi connectivity index (χ1n) is 8.80. The van der Waals surface area contributed by atoms with Gasteiger partial charge in [-0.3, -0.25) is 4.98 Å². The zero-order chi connectivity index (χ0) is 19.3. The molecular formula is C20H23N2O5+. The van der Waals surface area contributed by atoms with Crippen molar-refractivity contribution in [1.82, 2.24) is 4.98 Å². The second-order valence-corrected chi connectivity index (χ2v) is 6.57. The molecule has 7 heteroatoms. The van der Waals surface area contributed by atoms with Crippen molar-refractivity contribution in [3.63, 3.8) is 0 Å². The molecule has 142 valence electrons. The molecule has 1 aliphatic rings. The minimum Gasteiger partial charge on any atom is -0.483 e. The van der Waals surface area contributed by atoms with Crippen LogP contribution in [0, 0.1) is 0 Å². The lowest BCUT2D eigenvalue weighted by molar-refractivity contribution is -0.797. The van der Waals surface area contributed by atoms with Gasteiger partial charge in [-0.05, 0) is 24.6 Å². The average Bonchev–Trinajstić information content (AvgIpc) is 3.03. The molecule has 3 rings (SSSR count). The summed E-state index contributed by atoms with van der Waals surface area (Å²) in [5.41, 5.74) is 0.851. The molecular weight excluding hydrogens is 348 g/mol. The molecule has 0 spiro atoms. The lowest BCUT2D eigenvalue weighted by atomic mass is 10.2. The summed E-state index contributed by atoms with van der Waals surface area (Å²) in [5, 5.41) is 0. The Morgan fingerprint density at radius 2 is 1.93 bits per heavy atom. The van der Waals surface area contributed by atoms with Crippen molar-refractivity contribution in [2.24, 2.45) is 0 Å². The van der Waals surface area contributed by atoms with E-state index in [2.05, 4.69) is 4.98 Å². The summed E-state index contributed by atoms with van der Waals surface area (Å²) in [5.74, 6) is 0.595. The Balaban J connectivity index is 1.75. The van der Waals surface area contributed by atoms with Gasteiger partial charge >= 0.3 is 12.2 Å². The number of likely N-dealkylation sites (tertiary alicyclic amines) is 1. The number of methoxy groups -OCH3 is 1. The summed E-state index contributed by atoms with van der Waals surface area (Å²) in [7, 11) is 1.27. The summed E-state index contributed by atoms with van der Waals surface area (Å²) in [6.07, 6.45) is 2.18. The number of imide groups is 1. The van der Waals surface area contributed by atoms with Gasteiger partial charge in [0.15, 0.2) is 6.10 Å². The molecule has 0 N–H and O–H groups in total. The van der Waals surface area contributed by atoms with Crippen LogP contribution in [0.3, 0.4) is 0 Å². The van der Waals surface area contributed by atoms with Crippen LogP contribution in [0.15, 0.2) is 54.9 Å². The van der Waals surface area contributed by atoms with Crippen LogP contribution in [0.1, 0.15) is 18.9 Å². The van der Waals surface area contributed by atoms with Gasteiger partial charge in [0.1, 0.15) is 24.9 Å². The van der Waals surface area contributed by atoms with Gasteiger partial charge in [-0.25, -0.2) is 0 Å². The third-order valence-electron chi connectivity index (χ3n) is 4.82. The summed E-state index contributed by atoms with van der Waals surface area (Å²) < 4.78 is 15.8. The van der Waals surface area contributed by atoms with Crippen molar-refractivity contribution >= 4 is 12.2 Å². The third-order valence-corrected chi connectivity index (χ3v) is 4.82. The lowest BCUT2D eigenvalue weighted by Gasteiger charge is -2.29. The van der Waals surface area contributed by atoms with Crippen molar-refractivity contribution in [1.29, 1.82) is 0 Å². The number of quaternary nitrogens is 1. The minimum absolute atomic E-state index is 0.0948. The number of carbonyl (C=O) groups excluding carboxylic acids is 2. The smallest absolute Gasteiger partial charge is 0.483 e. The number of rotatable bonds is 4. The molecule has 7 nitrogen and oxygen atoms in total. The zero-order valence-electron chi connectivity index (χ0n) is 15.4. The van der Waals surface area contributed by atoms with Crippen LogP contribution >= 0.6 is 0 Å². The summed E-state index contributed by atoms with van der Waals surface area (Å²) in [6, 6.07) is 12.6. The fraction of sp³-hybridized carbons (Fsp3) is 0.350. The first-order chi connectivity index (χ1) is 13.1. The Hall–Kier alpha value is -2.93. The van der Waals surface area contributed by atoms with Gasteiger partial charge in [-0.2, -0.15) is 9.59 Å². The Labute approximate surface area is 158 Å². The Kier molecular flexibility index (Phi) is 5.71. The largest absolute Gasteiger partial charge is 0.527 e. The van der Waals surface area contributed by atoms with Gasteiger partial charge in [-0.1, -0.05) is 30.3 Å². The molecule has 0 saturated carbocycles. The van der Waals surface area contributed by atoms with Crippen LogP contribution in [0.4, 0.5) is 9.59 Å². The molecule has 1 saturated heterocycles. The molecule has 1 aliphatic heterocycles. The molecule has 1 aromatic carbocycles. The number of nitrogens with zero attached hydrogens (tertiary/aromatic N) is 2. The van der Waals surface area contributed by atoms with E-state index < -0.39 is 16.7 Å². The fourth-order valence-electron chi connectivity index (χ4n) is 3.41. The third kappa shape index (κ3) is 3.93. The number of amides is 2. The van der Waals surface area contributed by atoms with Crippen molar-refractivity contribution in [3.05, 3.63) is 60.4 Å². The SMILES string of the molecule is COC(=O)[N@+]1(C(=O)OCc2ccccc2)C[C@H](Oc2cccnc2)C[C@H]1C. The quantitative estimate of drug-likeness (QED) is 0.765. The van der Waals surface area contributed by atoms with Crippen LogP contribution < -0.4 is 4.74 Å². The predicted molar refractivity (Wildman–Crippen MR) is 96.9 cm³/mol. The molecule has 27 heavy (non-hydrogen) atoms. The molecule has 2 amide bonds. The van der Waals surface area contributed by atoms with E-state index in [-0.39, 0.29) is 25.3 Å². The Morgan fingerprint density at radius 1 is 1.15 bits per heavy atom. The van der Waals surface area contributed by atoms with Gasteiger partial charge in [0.05, 0.1) is 13.3 Å². The number of ether oxygens (including phenoxy) is 3. The first kappa shape index (κ1) is 18.8. The number of benzene rings is 1. The van der Waals surface area contributed by atoms with Crippen LogP contribution in [0.5, 0.6) is 5.75 Å².